The third-order valence-electron chi connectivity index (χ3n) is 3.84. The van der Waals surface area contributed by atoms with E-state index in [4.69, 9.17) is 34.0 Å². The molecule has 0 radical (unpaired) electrons. The minimum atomic E-state index is 0.742. The third kappa shape index (κ3) is 19.7. The summed E-state index contributed by atoms with van der Waals surface area (Å²) in [5.74, 6) is 0. The Morgan fingerprint density at radius 2 is 0.951 bits per heavy atom. The van der Waals surface area contributed by atoms with Gasteiger partial charge >= 0.3 is 0 Å². The van der Waals surface area contributed by atoms with Gasteiger partial charge in [-0.25, -0.2) is 0 Å². The molecule has 1 aromatic heterocycles. The fraction of sp³-hybridized carbons (Fsp3) is 0.0556. The Balaban J connectivity index is 0.000000287. The van der Waals surface area contributed by atoms with Crippen molar-refractivity contribution in [1.29, 1.82) is 0 Å². The highest BCUT2D eigenvalue weighted by Gasteiger charge is 2.05. The Morgan fingerprint density at radius 1 is 0.537 bits per heavy atom. The zero-order valence-electron chi connectivity index (χ0n) is 19.7. The van der Waals surface area contributed by atoms with E-state index in [1.807, 2.05) is 48.7 Å². The van der Waals surface area contributed by atoms with Gasteiger partial charge in [0.25, 0.3) is 0 Å². The molecule has 0 aliphatic heterocycles. The van der Waals surface area contributed by atoms with E-state index in [9.17, 15) is 0 Å². The summed E-state index contributed by atoms with van der Waals surface area (Å²) in [5.41, 5.74) is 5.63. The summed E-state index contributed by atoms with van der Waals surface area (Å²) in [4.78, 5) is 4.57. The minimum absolute atomic E-state index is 0.742. The smallest absolute Gasteiger partial charge is 0.0705 e. The highest BCUT2D eigenvalue weighted by atomic mass is 35.5. The first kappa shape index (κ1) is 39.7. The van der Waals surface area contributed by atoms with Crippen LogP contribution < -0.4 is 0 Å². The monoisotopic (exact) mass is 950 g/mol. The van der Waals surface area contributed by atoms with E-state index in [0.717, 1.165) is 16.3 Å². The number of benzene rings is 2. The predicted molar refractivity (Wildman–Crippen MR) is 240 cm³/mol. The average molecular weight is 953 g/mol. The lowest BCUT2D eigenvalue weighted by Crippen LogP contribution is -1.89. The van der Waals surface area contributed by atoms with Crippen LogP contribution in [0.3, 0.4) is 0 Å². The molecule has 0 aliphatic rings. The van der Waals surface area contributed by atoms with Gasteiger partial charge in [-0.2, -0.15) is 0 Å². The molecule has 0 fully saturated rings. The lowest BCUT2D eigenvalue weighted by molar-refractivity contribution is 1.29. The van der Waals surface area contributed by atoms with E-state index >= 15 is 0 Å². The van der Waals surface area contributed by atoms with Crippen molar-refractivity contribution in [2.45, 2.75) is 6.92 Å². The fourth-order valence-corrected chi connectivity index (χ4v) is 49.2. The number of aryl methyl sites for hydroxylation is 1. The summed E-state index contributed by atoms with van der Waals surface area (Å²) in [6.07, 6.45) is 1.94. The van der Waals surface area contributed by atoms with Crippen molar-refractivity contribution >= 4 is 203 Å². The van der Waals surface area contributed by atoms with E-state index in [1.165, 1.54) is 34.5 Å². The molecule has 224 valence electrons. The summed E-state index contributed by atoms with van der Waals surface area (Å²) in [6.45, 7) is 2.11. The molecular formula is C18H14ClNS21. The van der Waals surface area contributed by atoms with Gasteiger partial charge in [0.15, 0.2) is 0 Å². The van der Waals surface area contributed by atoms with Crippen LogP contribution in [0.25, 0.3) is 22.4 Å². The normalized spacial score (nSPS) is 8.93. The first-order chi connectivity index (χ1) is 20.2. The first-order valence-electron chi connectivity index (χ1n) is 9.85. The maximum Gasteiger partial charge on any atom is 0.0705 e. The quantitative estimate of drug-likeness (QED) is 0.346. The molecule has 1 nitrogen and oxygen atoms in total. The molecule has 0 saturated heterocycles. The summed E-state index contributed by atoms with van der Waals surface area (Å²) in [7, 11) is 32.6. The zero-order valence-corrected chi connectivity index (χ0v) is 37.7. The van der Waals surface area contributed by atoms with Gasteiger partial charge < -0.3 is 0 Å². The summed E-state index contributed by atoms with van der Waals surface area (Å²) in [5, 5.41) is 0.742. The molecule has 0 atom stereocenters. The molecule has 0 aliphatic carbocycles. The van der Waals surface area contributed by atoms with Crippen molar-refractivity contribution < 1.29 is 0 Å². The van der Waals surface area contributed by atoms with Gasteiger partial charge in [-0.05, 0) is 36.2 Å². The Labute approximate surface area is 308 Å². The number of halogens is 1. The van der Waals surface area contributed by atoms with Gasteiger partial charge in [0.1, 0.15) is 0 Å². The molecule has 0 amide bonds. The van der Waals surface area contributed by atoms with Crippen LogP contribution in [0.2, 0.25) is 5.02 Å². The summed E-state index contributed by atoms with van der Waals surface area (Å²) < 4.78 is 0. The topological polar surface area (TPSA) is 12.9 Å². The molecule has 0 bridgehead atoms. The van der Waals surface area contributed by atoms with E-state index in [2.05, 4.69) is 30.1 Å². The van der Waals surface area contributed by atoms with Crippen LogP contribution in [0.5, 0.6) is 0 Å². The Morgan fingerprint density at radius 3 is 1.34 bits per heavy atom. The van der Waals surface area contributed by atoms with Gasteiger partial charge in [-0.3, -0.25) is 4.98 Å². The van der Waals surface area contributed by atoms with E-state index in [1.54, 1.807) is 151 Å². The molecule has 0 unspecified atom stereocenters. The maximum atomic E-state index is 5.92. The van der Waals surface area contributed by atoms with Crippen LogP contribution in [-0.4, -0.2) is 4.98 Å². The molecule has 0 N–H and O–H groups in total. The molecule has 3 rings (SSSR count). The van der Waals surface area contributed by atoms with Crippen LogP contribution in [0.15, 0.2) is 66.9 Å². The summed E-state index contributed by atoms with van der Waals surface area (Å²) >= 11 is 15.4. The van der Waals surface area contributed by atoms with Crippen molar-refractivity contribution in [1.82, 2.24) is 4.98 Å². The SMILES string of the molecule is Cc1cc(-c2ccc(Cl)cc2)ncc1-c1ccccc1.S=S=S=S=S=S=S=S=S=S=S=S=S=S=S=S=S=S=S=S=S. The second kappa shape index (κ2) is 27.6. The van der Waals surface area contributed by atoms with Gasteiger partial charge in [-0.1, -0.05) is 54.1 Å². The molecular weight excluding hydrogens is 939 g/mol. The number of rotatable bonds is 2. The standard InChI is InChI=1S/C18H14ClN.S21/c1-13-11-18(15-7-9-16(19)10-8-15)20-12-17(13)14-5-3-2-4-6-14;1-3-5-7-9-11-13-15-17-19-21-20-18-16-14-12-10-8-6-4-2/h2-12H,1H3;. The fourth-order valence-electron chi connectivity index (χ4n) is 2.45. The number of hydrogen-bond donors (Lipinski definition) is 0. The molecule has 23 heteroatoms. The highest BCUT2D eigenvalue weighted by molar-refractivity contribution is 8.78. The Hall–Kier alpha value is 2.50. The third-order valence-corrected chi connectivity index (χ3v) is 44.1. The molecule has 3 aromatic rings. The van der Waals surface area contributed by atoms with E-state index < -0.39 is 0 Å². The highest BCUT2D eigenvalue weighted by Crippen LogP contribution is 2.26. The second-order valence-electron chi connectivity index (χ2n) is 6.05. The van der Waals surface area contributed by atoms with Crippen molar-refractivity contribution in [2.24, 2.45) is 0 Å². The van der Waals surface area contributed by atoms with Crippen LogP contribution in [0, 0.1) is 6.92 Å². The molecule has 0 spiro atoms. The molecule has 41 heavy (non-hydrogen) atoms. The zero-order chi connectivity index (χ0) is 29.4. The van der Waals surface area contributed by atoms with Crippen molar-refractivity contribution in [3.63, 3.8) is 0 Å². The lowest BCUT2D eigenvalue weighted by Gasteiger charge is -2.08. The van der Waals surface area contributed by atoms with Crippen LogP contribution in [0.4, 0.5) is 0 Å². The van der Waals surface area contributed by atoms with Gasteiger partial charge in [-0.15, -0.1) is 0 Å². The van der Waals surface area contributed by atoms with Crippen molar-refractivity contribution in [3.05, 3.63) is 77.4 Å². The number of pyridine rings is 1. The molecule has 0 saturated carbocycles. The van der Waals surface area contributed by atoms with Gasteiger partial charge in [0.05, 0.1) is 5.69 Å². The second-order valence-corrected chi connectivity index (χ2v) is 40.1. The summed E-state index contributed by atoms with van der Waals surface area (Å²) in [6, 6.07) is 20.2. The van der Waals surface area contributed by atoms with Crippen LogP contribution >= 0.6 is 11.6 Å². The predicted octanol–water partition coefficient (Wildman–Crippen LogP) is 5.33. The minimum Gasteiger partial charge on any atom is -0.256 e. The average Bonchev–Trinajstić information content (AvgIpc) is 3.00. The number of nitrogens with zero attached hydrogens (tertiary/aromatic N) is 1. The van der Waals surface area contributed by atoms with Crippen LogP contribution in [-0.2, 0) is 191 Å². The molecule has 2 aromatic carbocycles. The maximum absolute atomic E-state index is 5.92. The van der Waals surface area contributed by atoms with Crippen molar-refractivity contribution in [3.8, 4) is 22.4 Å². The lowest BCUT2D eigenvalue weighted by atomic mass is 10.0. The van der Waals surface area contributed by atoms with Crippen molar-refractivity contribution in [2.75, 3.05) is 0 Å². The Bertz CT molecular complexity index is 2090. The Kier molecular flexibility index (Phi) is 26.7. The number of aromatic nitrogens is 1. The van der Waals surface area contributed by atoms with E-state index in [-0.39, 0.29) is 0 Å². The van der Waals surface area contributed by atoms with Gasteiger partial charge in [0.2, 0.25) is 0 Å². The molecule has 1 heterocycles. The first-order valence-corrected chi connectivity index (χ1v) is 36.9. The van der Waals surface area contributed by atoms with Gasteiger partial charge in [0, 0.05) is 213 Å². The van der Waals surface area contributed by atoms with E-state index in [0.29, 0.717) is 0 Å². The largest absolute Gasteiger partial charge is 0.256 e. The number of hydrogen-bond acceptors (Lipinski definition) is 3. The van der Waals surface area contributed by atoms with Crippen LogP contribution in [0.1, 0.15) is 5.56 Å².